The van der Waals surface area contributed by atoms with Crippen LogP contribution in [0, 0.1) is 0 Å². The molecule has 1 N–H and O–H groups in total. The molecule has 0 unspecified atom stereocenters. The third-order valence-corrected chi connectivity index (χ3v) is 2.22. The average Bonchev–Trinajstić information content (AvgIpc) is 2.16. The summed E-state index contributed by atoms with van der Waals surface area (Å²) >= 11 is 5.13. The molecule has 0 bridgehead atoms. The van der Waals surface area contributed by atoms with Crippen LogP contribution in [0.2, 0.25) is 0 Å². The second-order valence-electron chi connectivity index (χ2n) is 2.80. The Morgan fingerprint density at radius 1 is 1.46 bits per heavy atom. The minimum absolute atomic E-state index is 0.791. The van der Waals surface area contributed by atoms with Gasteiger partial charge in [0.15, 0.2) is 5.11 Å². The van der Waals surface area contributed by atoms with Crippen LogP contribution in [-0.4, -0.2) is 43.4 Å². The minimum atomic E-state index is 0.791. The number of hydrogen-bond donors (Lipinski definition) is 1. The van der Waals surface area contributed by atoms with E-state index in [-0.39, 0.29) is 0 Å². The third kappa shape index (κ3) is 6.78. The van der Waals surface area contributed by atoms with Crippen molar-refractivity contribution in [2.24, 2.45) is 0 Å². The Kier molecular flexibility index (Phi) is 8.04. The van der Waals surface area contributed by atoms with Crippen LogP contribution in [0.5, 0.6) is 0 Å². The van der Waals surface area contributed by atoms with E-state index in [2.05, 4.69) is 12.2 Å². The molecule has 0 spiro atoms. The van der Waals surface area contributed by atoms with Crippen molar-refractivity contribution in [3.8, 4) is 0 Å². The Labute approximate surface area is 86.4 Å². The molecule has 0 aliphatic heterocycles. The summed E-state index contributed by atoms with van der Waals surface area (Å²) in [6, 6.07) is 0. The molecular formula is C9H20N2OS. The maximum atomic E-state index is 5.21. The zero-order valence-electron chi connectivity index (χ0n) is 8.80. The summed E-state index contributed by atoms with van der Waals surface area (Å²) in [4.78, 5) is 2.01. The molecule has 0 rings (SSSR count). The first-order valence-corrected chi connectivity index (χ1v) is 5.19. The number of nitrogens with zero attached hydrogens (tertiary/aromatic N) is 1. The number of rotatable bonds is 6. The van der Waals surface area contributed by atoms with Gasteiger partial charge in [-0.3, -0.25) is 0 Å². The van der Waals surface area contributed by atoms with Crippen LogP contribution in [0.4, 0.5) is 0 Å². The molecule has 0 aliphatic carbocycles. The number of thiocarbonyl (C=S) groups is 1. The summed E-state index contributed by atoms with van der Waals surface area (Å²) in [6.45, 7) is 7.51. The second-order valence-corrected chi connectivity index (χ2v) is 3.18. The van der Waals surface area contributed by atoms with Gasteiger partial charge in [-0.05, 0) is 32.5 Å². The first-order valence-electron chi connectivity index (χ1n) is 4.79. The van der Waals surface area contributed by atoms with Crippen molar-refractivity contribution in [2.45, 2.75) is 20.3 Å². The van der Waals surface area contributed by atoms with Crippen LogP contribution in [-0.2, 0) is 4.74 Å². The lowest BCUT2D eigenvalue weighted by Crippen LogP contribution is -2.37. The van der Waals surface area contributed by atoms with Crippen molar-refractivity contribution in [2.75, 3.05) is 33.4 Å². The van der Waals surface area contributed by atoms with Gasteiger partial charge in [0.25, 0.3) is 0 Å². The van der Waals surface area contributed by atoms with Crippen LogP contribution in [0.1, 0.15) is 20.3 Å². The van der Waals surface area contributed by atoms with Gasteiger partial charge in [-0.25, -0.2) is 0 Å². The maximum absolute atomic E-state index is 5.21. The Morgan fingerprint density at radius 3 is 2.69 bits per heavy atom. The lowest BCUT2D eigenvalue weighted by molar-refractivity contribution is 0.145. The van der Waals surface area contributed by atoms with Crippen LogP contribution in [0.15, 0.2) is 0 Å². The van der Waals surface area contributed by atoms with E-state index >= 15 is 0 Å². The summed E-state index contributed by atoms with van der Waals surface area (Å²) in [5.74, 6) is 0. The van der Waals surface area contributed by atoms with Crippen molar-refractivity contribution < 1.29 is 4.74 Å². The minimum Gasteiger partial charge on any atom is -0.382 e. The van der Waals surface area contributed by atoms with Crippen LogP contribution >= 0.6 is 12.2 Å². The van der Waals surface area contributed by atoms with Gasteiger partial charge in [-0.15, -0.1) is 0 Å². The topological polar surface area (TPSA) is 24.5 Å². The molecule has 0 heterocycles. The Balaban J connectivity index is 3.27. The Hall–Kier alpha value is -0.350. The SMILES string of the molecule is CCOCCCNC(=S)N(C)CC. The predicted octanol–water partition coefficient (Wildman–Crippen LogP) is 1.24. The highest BCUT2D eigenvalue weighted by atomic mass is 32.1. The molecule has 0 aromatic heterocycles. The van der Waals surface area contributed by atoms with Gasteiger partial charge < -0.3 is 15.0 Å². The smallest absolute Gasteiger partial charge is 0.168 e. The summed E-state index contributed by atoms with van der Waals surface area (Å²) in [6.07, 6.45) is 1.01. The van der Waals surface area contributed by atoms with Crippen LogP contribution in [0.3, 0.4) is 0 Å². The molecule has 0 saturated carbocycles. The first-order chi connectivity index (χ1) is 6.22. The lowest BCUT2D eigenvalue weighted by atomic mass is 10.4. The molecule has 0 fully saturated rings. The van der Waals surface area contributed by atoms with E-state index in [4.69, 9.17) is 17.0 Å². The zero-order chi connectivity index (χ0) is 10.1. The van der Waals surface area contributed by atoms with Gasteiger partial charge in [0.1, 0.15) is 0 Å². The molecular weight excluding hydrogens is 184 g/mol. The predicted molar refractivity (Wildman–Crippen MR) is 60.0 cm³/mol. The average molecular weight is 204 g/mol. The Morgan fingerprint density at radius 2 is 2.15 bits per heavy atom. The summed E-state index contributed by atoms with van der Waals surface area (Å²) in [7, 11) is 1.98. The fourth-order valence-electron chi connectivity index (χ4n) is 0.792. The quantitative estimate of drug-likeness (QED) is 0.520. The molecule has 0 amide bonds. The maximum Gasteiger partial charge on any atom is 0.168 e. The van der Waals surface area contributed by atoms with Crippen LogP contribution < -0.4 is 5.32 Å². The van der Waals surface area contributed by atoms with E-state index in [1.807, 2.05) is 18.9 Å². The summed E-state index contributed by atoms with van der Waals surface area (Å²) in [5.41, 5.74) is 0. The lowest BCUT2D eigenvalue weighted by Gasteiger charge is -2.18. The Bertz CT molecular complexity index is 142. The molecule has 4 heteroatoms. The number of nitrogens with one attached hydrogen (secondary N) is 1. The van der Waals surface area contributed by atoms with Gasteiger partial charge in [-0.2, -0.15) is 0 Å². The van der Waals surface area contributed by atoms with Gasteiger partial charge in [0, 0.05) is 33.4 Å². The van der Waals surface area contributed by atoms with E-state index in [1.165, 1.54) is 0 Å². The van der Waals surface area contributed by atoms with E-state index < -0.39 is 0 Å². The van der Waals surface area contributed by atoms with E-state index in [9.17, 15) is 0 Å². The molecule has 0 radical (unpaired) electrons. The normalized spacial score (nSPS) is 9.77. The van der Waals surface area contributed by atoms with Crippen molar-refractivity contribution in [3.05, 3.63) is 0 Å². The zero-order valence-corrected chi connectivity index (χ0v) is 9.62. The first kappa shape index (κ1) is 12.7. The molecule has 0 aromatic carbocycles. The van der Waals surface area contributed by atoms with E-state index in [0.717, 1.165) is 37.8 Å². The highest BCUT2D eigenvalue weighted by molar-refractivity contribution is 7.80. The summed E-state index contributed by atoms with van der Waals surface area (Å²) < 4.78 is 5.21. The fourth-order valence-corrected chi connectivity index (χ4v) is 1.02. The van der Waals surface area contributed by atoms with Crippen molar-refractivity contribution >= 4 is 17.3 Å². The molecule has 13 heavy (non-hydrogen) atoms. The number of ether oxygens (including phenoxy) is 1. The van der Waals surface area contributed by atoms with Crippen molar-refractivity contribution in [1.29, 1.82) is 0 Å². The molecule has 78 valence electrons. The molecule has 0 atom stereocenters. The molecule has 0 saturated heterocycles. The fraction of sp³-hybridized carbons (Fsp3) is 0.889. The second kappa shape index (κ2) is 8.26. The highest BCUT2D eigenvalue weighted by Gasteiger charge is 1.98. The van der Waals surface area contributed by atoms with Gasteiger partial charge in [-0.1, -0.05) is 0 Å². The third-order valence-electron chi connectivity index (χ3n) is 1.77. The number of hydrogen-bond acceptors (Lipinski definition) is 2. The monoisotopic (exact) mass is 204 g/mol. The molecule has 0 aromatic rings. The van der Waals surface area contributed by atoms with Gasteiger partial charge in [0.2, 0.25) is 0 Å². The summed E-state index contributed by atoms with van der Waals surface area (Å²) in [5, 5.41) is 3.99. The van der Waals surface area contributed by atoms with Crippen LogP contribution in [0.25, 0.3) is 0 Å². The van der Waals surface area contributed by atoms with Crippen molar-refractivity contribution in [3.63, 3.8) is 0 Å². The molecule has 0 aliphatic rings. The van der Waals surface area contributed by atoms with Gasteiger partial charge >= 0.3 is 0 Å². The standard InChI is InChI=1S/C9H20N2OS/c1-4-11(3)9(13)10-7-6-8-12-5-2/h4-8H2,1-3H3,(H,10,13). The van der Waals surface area contributed by atoms with Crippen molar-refractivity contribution in [1.82, 2.24) is 10.2 Å². The largest absolute Gasteiger partial charge is 0.382 e. The van der Waals surface area contributed by atoms with E-state index in [1.54, 1.807) is 0 Å². The van der Waals surface area contributed by atoms with Gasteiger partial charge in [0.05, 0.1) is 0 Å². The highest BCUT2D eigenvalue weighted by Crippen LogP contribution is 1.85. The van der Waals surface area contributed by atoms with E-state index in [0.29, 0.717) is 0 Å². The molecule has 3 nitrogen and oxygen atoms in total.